The van der Waals surface area contributed by atoms with E-state index in [1.807, 2.05) is 0 Å². The molecule has 1 aromatic heterocycles. The van der Waals surface area contributed by atoms with E-state index in [-0.39, 0.29) is 57.9 Å². The second kappa shape index (κ2) is 8.99. The Morgan fingerprint density at radius 1 is 1.33 bits per heavy atom. The summed E-state index contributed by atoms with van der Waals surface area (Å²) in [6.45, 7) is 4.20. The number of benzene rings is 1. The van der Waals surface area contributed by atoms with Crippen LogP contribution in [0.1, 0.15) is 43.0 Å². The second-order valence-corrected chi connectivity index (χ2v) is 9.48. The lowest BCUT2D eigenvalue weighted by molar-refractivity contribution is 0.0607. The molecule has 3 aliphatic rings. The van der Waals surface area contributed by atoms with E-state index in [0.29, 0.717) is 31.4 Å². The highest BCUT2D eigenvalue weighted by Gasteiger charge is 2.38. The van der Waals surface area contributed by atoms with E-state index in [0.717, 1.165) is 12.8 Å². The molecule has 1 aliphatic carbocycles. The molecule has 2 aliphatic heterocycles. The van der Waals surface area contributed by atoms with Crippen LogP contribution in [0.4, 0.5) is 10.2 Å². The molecule has 1 aromatic carbocycles. The van der Waals surface area contributed by atoms with Gasteiger partial charge in [-0.05, 0) is 37.8 Å². The molecule has 2 atom stereocenters. The van der Waals surface area contributed by atoms with Crippen molar-refractivity contribution in [2.75, 3.05) is 31.6 Å². The lowest BCUT2D eigenvalue weighted by Crippen LogP contribution is -2.54. The zero-order valence-electron chi connectivity index (χ0n) is 18.5. The fourth-order valence-electron chi connectivity index (χ4n) is 5.18. The van der Waals surface area contributed by atoms with Gasteiger partial charge in [0.05, 0.1) is 11.6 Å². The van der Waals surface area contributed by atoms with Gasteiger partial charge in [-0.2, -0.15) is 0 Å². The highest BCUT2D eigenvalue weighted by molar-refractivity contribution is 6.35. The number of rotatable bonds is 4. The average molecular weight is 475 g/mol. The molecule has 7 nitrogen and oxygen atoms in total. The van der Waals surface area contributed by atoms with Crippen molar-refractivity contribution < 1.29 is 19.0 Å². The summed E-state index contributed by atoms with van der Waals surface area (Å²) in [6.07, 6.45) is 4.58. The van der Waals surface area contributed by atoms with Crippen molar-refractivity contribution in [3.63, 3.8) is 0 Å². The Bertz CT molecular complexity index is 1060. The number of amides is 1. The number of fused-ring (bicyclic) bond motifs is 2. The number of carbonyl (C=O) groups excluding carboxylic acids is 1. The van der Waals surface area contributed by atoms with Gasteiger partial charge in [0.25, 0.3) is 5.91 Å². The normalized spacial score (nSPS) is 21.7. The third-order valence-electron chi connectivity index (χ3n) is 7.04. The number of halogens is 2. The minimum atomic E-state index is -0.652. The highest BCUT2D eigenvalue weighted by Crippen LogP contribution is 2.45. The predicted molar refractivity (Wildman–Crippen MR) is 125 cm³/mol. The molecule has 1 amide bonds. The van der Waals surface area contributed by atoms with E-state index in [1.165, 1.54) is 31.0 Å². The average Bonchev–Trinajstić information content (AvgIpc) is 3.30. The molecule has 1 saturated heterocycles. The van der Waals surface area contributed by atoms with Gasteiger partial charge >= 0.3 is 0 Å². The van der Waals surface area contributed by atoms with Gasteiger partial charge in [0, 0.05) is 25.7 Å². The van der Waals surface area contributed by atoms with E-state index < -0.39 is 5.82 Å². The number of anilines is 1. The Morgan fingerprint density at radius 3 is 2.88 bits per heavy atom. The summed E-state index contributed by atoms with van der Waals surface area (Å²) in [6, 6.07) is 3.96. The van der Waals surface area contributed by atoms with Gasteiger partial charge in [0.15, 0.2) is 5.75 Å². The molecule has 9 heteroatoms. The zero-order chi connectivity index (χ0) is 23.1. The van der Waals surface area contributed by atoms with Crippen LogP contribution in [0.2, 0.25) is 5.02 Å². The number of carbonyl (C=O) groups is 1. The molecule has 176 valence electrons. The van der Waals surface area contributed by atoms with Gasteiger partial charge in [-0.1, -0.05) is 30.5 Å². The van der Waals surface area contributed by atoms with Crippen molar-refractivity contribution in [3.05, 3.63) is 34.6 Å². The second-order valence-electron chi connectivity index (χ2n) is 9.11. The van der Waals surface area contributed by atoms with Crippen molar-refractivity contribution in [2.45, 2.75) is 44.7 Å². The Morgan fingerprint density at radius 2 is 2.12 bits per heavy atom. The summed E-state index contributed by atoms with van der Waals surface area (Å²) in [5, 5.41) is 17.1. The molecule has 0 radical (unpaired) electrons. The highest BCUT2D eigenvalue weighted by atomic mass is 35.5. The predicted octanol–water partition coefficient (Wildman–Crippen LogP) is 4.04. The number of hydrogen-bond acceptors (Lipinski definition) is 6. The summed E-state index contributed by atoms with van der Waals surface area (Å²) in [5.41, 5.74) is 0.216. The lowest BCUT2D eigenvalue weighted by Gasteiger charge is -2.34. The van der Waals surface area contributed by atoms with Crippen molar-refractivity contribution in [1.82, 2.24) is 15.2 Å². The summed E-state index contributed by atoms with van der Waals surface area (Å²) in [7, 11) is 0. The topological polar surface area (TPSA) is 86.7 Å². The Hall–Kier alpha value is -2.58. The first-order valence-electron chi connectivity index (χ1n) is 11.6. The third kappa shape index (κ3) is 3.99. The van der Waals surface area contributed by atoms with Gasteiger partial charge in [-0.3, -0.25) is 4.79 Å². The summed E-state index contributed by atoms with van der Waals surface area (Å²) >= 11 is 6.70. The van der Waals surface area contributed by atoms with Crippen LogP contribution in [0.3, 0.4) is 0 Å². The molecule has 33 heavy (non-hydrogen) atoms. The van der Waals surface area contributed by atoms with Crippen LogP contribution in [-0.4, -0.2) is 59.2 Å². The fraction of sp³-hybridized carbons (Fsp3) is 0.500. The maximum absolute atomic E-state index is 14.8. The number of hydrogen-bond donors (Lipinski definition) is 3. The van der Waals surface area contributed by atoms with Gasteiger partial charge < -0.3 is 25.4 Å². The van der Waals surface area contributed by atoms with Crippen LogP contribution in [0.25, 0.3) is 11.3 Å². The van der Waals surface area contributed by atoms with Crippen molar-refractivity contribution in [3.8, 4) is 22.8 Å². The Balaban J connectivity index is 1.66. The Labute approximate surface area is 197 Å². The minimum Gasteiger partial charge on any atom is -0.507 e. The van der Waals surface area contributed by atoms with Crippen molar-refractivity contribution in [2.24, 2.45) is 5.92 Å². The van der Waals surface area contributed by atoms with Gasteiger partial charge in [0.2, 0.25) is 0 Å². The first-order valence-corrected chi connectivity index (χ1v) is 12.0. The first kappa shape index (κ1) is 22.2. The SMILES string of the molecule is CC(Nc1nc(-c2c(O)cccc2F)c(Cl)c2c1C(=O)N1CCNC[C@@H]1CO2)C1CCCC1. The number of nitrogens with one attached hydrogen (secondary N) is 2. The van der Waals surface area contributed by atoms with Crippen LogP contribution in [-0.2, 0) is 0 Å². The molecule has 2 aromatic rings. The number of aromatic hydroxyl groups is 1. The number of phenolic OH excluding ortho intramolecular Hbond substituents is 1. The van der Waals surface area contributed by atoms with E-state index >= 15 is 0 Å². The largest absolute Gasteiger partial charge is 0.507 e. The number of phenols is 1. The minimum absolute atomic E-state index is 0.0191. The maximum Gasteiger partial charge on any atom is 0.261 e. The quantitative estimate of drug-likeness (QED) is 0.620. The molecule has 0 bridgehead atoms. The van der Waals surface area contributed by atoms with Gasteiger partial charge in [-0.25, -0.2) is 9.37 Å². The molecule has 5 rings (SSSR count). The third-order valence-corrected chi connectivity index (χ3v) is 7.39. The molecule has 3 N–H and O–H groups in total. The fourth-order valence-corrected chi connectivity index (χ4v) is 5.47. The van der Waals surface area contributed by atoms with Gasteiger partial charge in [0.1, 0.15) is 40.3 Å². The number of ether oxygens (including phenoxy) is 1. The molecule has 2 fully saturated rings. The first-order chi connectivity index (χ1) is 16.0. The molecule has 1 saturated carbocycles. The molecule has 3 heterocycles. The van der Waals surface area contributed by atoms with Crippen LogP contribution in [0.15, 0.2) is 18.2 Å². The molecule has 1 unspecified atom stereocenters. The maximum atomic E-state index is 14.8. The number of pyridine rings is 1. The van der Waals surface area contributed by atoms with E-state index in [1.54, 1.807) is 4.90 Å². The van der Waals surface area contributed by atoms with E-state index in [9.17, 15) is 14.3 Å². The summed E-state index contributed by atoms with van der Waals surface area (Å²) < 4.78 is 20.9. The summed E-state index contributed by atoms with van der Waals surface area (Å²) in [4.78, 5) is 20.1. The monoisotopic (exact) mass is 474 g/mol. The lowest BCUT2D eigenvalue weighted by atomic mass is 9.99. The Kier molecular flexibility index (Phi) is 6.05. The standard InChI is InChI=1S/C24H28ClFN4O3/c1-13(14-5-2-3-6-14)28-23-19-22(33-12-15-11-27-9-10-30(15)24(19)32)20(25)21(29-23)18-16(26)7-4-8-17(18)31/h4,7-8,13-15,27,31H,2-3,5-6,9-12H2,1H3,(H,28,29)/t13?,15-/m1/s1. The molecular formula is C24H28ClFN4O3. The summed E-state index contributed by atoms with van der Waals surface area (Å²) in [5.74, 6) is -0.173. The number of piperazine rings is 1. The molecule has 0 spiro atoms. The van der Waals surface area contributed by atoms with E-state index in [2.05, 4.69) is 22.5 Å². The smallest absolute Gasteiger partial charge is 0.261 e. The van der Waals surface area contributed by atoms with Crippen LogP contribution < -0.4 is 15.4 Å². The zero-order valence-corrected chi connectivity index (χ0v) is 19.3. The van der Waals surface area contributed by atoms with Crippen LogP contribution >= 0.6 is 11.6 Å². The van der Waals surface area contributed by atoms with Crippen molar-refractivity contribution in [1.29, 1.82) is 0 Å². The molecular weight excluding hydrogens is 447 g/mol. The van der Waals surface area contributed by atoms with Gasteiger partial charge in [-0.15, -0.1) is 0 Å². The number of nitrogens with zero attached hydrogens (tertiary/aromatic N) is 2. The van der Waals surface area contributed by atoms with Crippen LogP contribution in [0.5, 0.6) is 11.5 Å². The number of aromatic nitrogens is 1. The van der Waals surface area contributed by atoms with Crippen LogP contribution in [0, 0.1) is 11.7 Å². The van der Waals surface area contributed by atoms with E-state index in [4.69, 9.17) is 16.3 Å². The van der Waals surface area contributed by atoms with Crippen molar-refractivity contribution >= 4 is 23.3 Å².